The van der Waals surface area contributed by atoms with Gasteiger partial charge in [0.15, 0.2) is 7.14 Å². The number of nitrogens with two attached hydrogens (primary N) is 1. The first-order chi connectivity index (χ1) is 9.05. The lowest BCUT2D eigenvalue weighted by Crippen LogP contribution is -2.30. The molecule has 0 aliphatic carbocycles. The fourth-order valence-electron chi connectivity index (χ4n) is 2.57. The number of hydrogen-bond acceptors (Lipinski definition) is 3. The quantitative estimate of drug-likeness (QED) is 0.641. The van der Waals surface area contributed by atoms with Crippen molar-refractivity contribution in [3.05, 3.63) is 42.5 Å². The lowest BCUT2D eigenvalue weighted by Gasteiger charge is -2.31. The smallest absolute Gasteiger partial charge is 0.155 e. The minimum Gasteiger partial charge on any atom is -0.456 e. The van der Waals surface area contributed by atoms with Crippen molar-refractivity contribution in [1.29, 1.82) is 0 Å². The van der Waals surface area contributed by atoms with Crippen LogP contribution < -0.4 is 21.1 Å². The summed E-state index contributed by atoms with van der Waals surface area (Å²) < 4.78 is 19.5. The number of fused-ring (bicyclic) bond motifs is 2. The zero-order valence-electron chi connectivity index (χ0n) is 11.0. The summed E-state index contributed by atoms with van der Waals surface area (Å²) in [5.74, 6) is 1.30. The molecule has 0 bridgehead atoms. The zero-order valence-corrected chi connectivity index (χ0v) is 11.9. The molecule has 3 rings (SSSR count). The van der Waals surface area contributed by atoms with Crippen molar-refractivity contribution in [1.82, 2.24) is 0 Å². The van der Waals surface area contributed by atoms with Crippen molar-refractivity contribution >= 4 is 23.4 Å². The number of anilines is 1. The first kappa shape index (κ1) is 12.3. The van der Waals surface area contributed by atoms with E-state index in [4.69, 9.17) is 10.5 Å². The highest BCUT2D eigenvalue weighted by molar-refractivity contribution is 7.80. The molecule has 0 fully saturated rings. The molecule has 1 heterocycles. The van der Waals surface area contributed by atoms with Crippen molar-refractivity contribution in [2.45, 2.75) is 19.5 Å². The molecule has 2 N–H and O–H groups in total. The summed E-state index contributed by atoms with van der Waals surface area (Å²) in [5.41, 5.74) is 6.59. The highest BCUT2D eigenvalue weighted by atomic mass is 31.2. The van der Waals surface area contributed by atoms with Crippen LogP contribution in [0.15, 0.2) is 42.5 Å². The second-order valence-electron chi connectivity index (χ2n) is 5.02. The average Bonchev–Trinajstić information content (AvgIpc) is 2.38. The molecule has 0 spiro atoms. The Morgan fingerprint density at radius 2 is 1.74 bits per heavy atom. The van der Waals surface area contributed by atoms with Crippen molar-refractivity contribution < 1.29 is 9.30 Å². The maximum atomic E-state index is 13.6. The van der Waals surface area contributed by atoms with Gasteiger partial charge in [-0.3, -0.25) is 0 Å². The largest absolute Gasteiger partial charge is 0.456 e. The summed E-state index contributed by atoms with van der Waals surface area (Å²) in [6.45, 7) is 3.94. The van der Waals surface area contributed by atoms with E-state index in [1.165, 1.54) is 0 Å². The van der Waals surface area contributed by atoms with Gasteiger partial charge in [0.1, 0.15) is 11.5 Å². The van der Waals surface area contributed by atoms with Crippen molar-refractivity contribution in [2.75, 3.05) is 5.73 Å². The summed E-state index contributed by atoms with van der Waals surface area (Å²) >= 11 is 0. The molecule has 0 saturated heterocycles. The molecule has 0 aromatic heterocycles. The van der Waals surface area contributed by atoms with Crippen LogP contribution in [0.5, 0.6) is 11.5 Å². The number of nitrogen functional groups attached to an aromatic ring is 1. The van der Waals surface area contributed by atoms with Crippen LogP contribution in [0, 0.1) is 0 Å². The first-order valence-electron chi connectivity index (χ1n) is 6.31. The Morgan fingerprint density at radius 3 is 2.47 bits per heavy atom. The zero-order chi connectivity index (χ0) is 13.6. The molecule has 3 nitrogen and oxygen atoms in total. The third kappa shape index (κ3) is 1.62. The molecule has 0 radical (unpaired) electrons. The minimum absolute atomic E-state index is 0.0130. The molecule has 2 aromatic rings. The van der Waals surface area contributed by atoms with E-state index in [1.807, 2.05) is 50.2 Å². The summed E-state index contributed by atoms with van der Waals surface area (Å²) in [6.07, 6.45) is 0. The third-order valence-corrected chi connectivity index (χ3v) is 7.22. The summed E-state index contributed by atoms with van der Waals surface area (Å²) in [6, 6.07) is 13.0. The fourth-order valence-corrected chi connectivity index (χ4v) is 5.54. The Balaban J connectivity index is 2.39. The van der Waals surface area contributed by atoms with Gasteiger partial charge in [-0.25, -0.2) is 0 Å². The maximum absolute atomic E-state index is 13.6. The maximum Gasteiger partial charge on any atom is 0.155 e. The van der Waals surface area contributed by atoms with E-state index >= 15 is 0 Å². The highest BCUT2D eigenvalue weighted by Gasteiger charge is 2.41. The van der Waals surface area contributed by atoms with Crippen LogP contribution in [0.2, 0.25) is 0 Å². The standard InChI is InChI=1S/C15H16NO2P/c1-10(2)19(17)14-9-4-3-7-12(14)18-13-8-5-6-11(16)15(13)19/h3-10H,16H2,1-2H3. The van der Waals surface area contributed by atoms with E-state index in [0.29, 0.717) is 22.5 Å². The minimum atomic E-state index is -2.75. The second kappa shape index (κ2) is 4.14. The van der Waals surface area contributed by atoms with Gasteiger partial charge in [-0.1, -0.05) is 32.0 Å². The van der Waals surface area contributed by atoms with Gasteiger partial charge in [-0.2, -0.15) is 0 Å². The van der Waals surface area contributed by atoms with Crippen LogP contribution in [0.25, 0.3) is 0 Å². The first-order valence-corrected chi connectivity index (χ1v) is 8.09. The van der Waals surface area contributed by atoms with Crippen LogP contribution in [0.1, 0.15) is 13.8 Å². The van der Waals surface area contributed by atoms with Crippen LogP contribution in [-0.2, 0) is 4.57 Å². The Kier molecular flexibility index (Phi) is 2.68. The van der Waals surface area contributed by atoms with Gasteiger partial charge in [0.2, 0.25) is 0 Å². The molecule has 1 unspecified atom stereocenters. The summed E-state index contributed by atoms with van der Waals surface area (Å²) in [5, 5.41) is 1.44. The lowest BCUT2D eigenvalue weighted by molar-refractivity contribution is 0.484. The van der Waals surface area contributed by atoms with E-state index in [9.17, 15) is 4.57 Å². The molecule has 0 amide bonds. The van der Waals surface area contributed by atoms with Crippen molar-refractivity contribution in [3.63, 3.8) is 0 Å². The Labute approximate surface area is 112 Å². The molecular weight excluding hydrogens is 257 g/mol. The molecule has 2 aromatic carbocycles. The van der Waals surface area contributed by atoms with Gasteiger partial charge >= 0.3 is 0 Å². The van der Waals surface area contributed by atoms with Crippen LogP contribution in [0.3, 0.4) is 0 Å². The SMILES string of the molecule is CC(C)P1(=O)c2ccccc2Oc2cccc(N)c21. The predicted octanol–water partition coefficient (Wildman–Crippen LogP) is 3.10. The Bertz CT molecular complexity index is 694. The normalized spacial score (nSPS) is 20.6. The van der Waals surface area contributed by atoms with Gasteiger partial charge < -0.3 is 15.0 Å². The molecule has 4 heteroatoms. The lowest BCUT2D eigenvalue weighted by atomic mass is 10.3. The van der Waals surface area contributed by atoms with Gasteiger partial charge in [0, 0.05) is 11.3 Å². The Morgan fingerprint density at radius 1 is 1.05 bits per heavy atom. The van der Waals surface area contributed by atoms with E-state index in [-0.39, 0.29) is 5.66 Å². The van der Waals surface area contributed by atoms with Crippen LogP contribution in [-0.4, -0.2) is 5.66 Å². The van der Waals surface area contributed by atoms with Crippen LogP contribution in [0.4, 0.5) is 5.69 Å². The number of benzene rings is 2. The van der Waals surface area contributed by atoms with Crippen molar-refractivity contribution in [3.8, 4) is 11.5 Å². The fraction of sp³-hybridized carbons (Fsp3) is 0.200. The molecule has 1 aliphatic rings. The van der Waals surface area contributed by atoms with Crippen LogP contribution >= 0.6 is 7.14 Å². The number of para-hydroxylation sites is 1. The molecule has 98 valence electrons. The Hall–Kier alpha value is -1.73. The van der Waals surface area contributed by atoms with E-state index in [2.05, 4.69) is 0 Å². The third-order valence-electron chi connectivity index (χ3n) is 3.53. The second-order valence-corrected chi connectivity index (χ2v) is 8.29. The van der Waals surface area contributed by atoms with E-state index in [0.717, 1.165) is 5.30 Å². The average molecular weight is 273 g/mol. The molecular formula is C15H16NO2P. The number of hydrogen-bond donors (Lipinski definition) is 1. The summed E-state index contributed by atoms with van der Waals surface area (Å²) in [4.78, 5) is 0. The highest BCUT2D eigenvalue weighted by Crippen LogP contribution is 2.56. The molecule has 0 saturated carbocycles. The topological polar surface area (TPSA) is 52.3 Å². The van der Waals surface area contributed by atoms with E-state index in [1.54, 1.807) is 6.07 Å². The summed E-state index contributed by atoms with van der Waals surface area (Å²) in [7, 11) is -2.75. The number of ether oxygens (including phenoxy) is 1. The molecule has 1 aliphatic heterocycles. The van der Waals surface area contributed by atoms with Gasteiger partial charge in [0.25, 0.3) is 0 Å². The molecule has 19 heavy (non-hydrogen) atoms. The van der Waals surface area contributed by atoms with Crippen molar-refractivity contribution in [2.24, 2.45) is 0 Å². The number of rotatable bonds is 1. The molecule has 1 atom stereocenters. The predicted molar refractivity (Wildman–Crippen MR) is 79.4 cm³/mol. The van der Waals surface area contributed by atoms with Gasteiger partial charge in [-0.15, -0.1) is 0 Å². The van der Waals surface area contributed by atoms with E-state index < -0.39 is 7.14 Å². The monoisotopic (exact) mass is 273 g/mol. The van der Waals surface area contributed by atoms with Gasteiger partial charge in [0.05, 0.1) is 10.6 Å². The van der Waals surface area contributed by atoms with Gasteiger partial charge in [-0.05, 0) is 24.3 Å².